The molecule has 0 unspecified atom stereocenters. The Kier molecular flexibility index (Phi) is 7.80. The zero-order chi connectivity index (χ0) is 24.1. The van der Waals surface area contributed by atoms with Crippen molar-refractivity contribution in [1.29, 1.82) is 0 Å². The average Bonchev–Trinajstić information content (AvgIpc) is 2.86. The van der Waals surface area contributed by atoms with Crippen molar-refractivity contribution in [3.05, 3.63) is 59.4 Å². The molecule has 0 radical (unpaired) electrons. The lowest BCUT2D eigenvalue weighted by Gasteiger charge is -2.33. The van der Waals surface area contributed by atoms with Crippen LogP contribution >= 0.6 is 23.4 Å². The second kappa shape index (κ2) is 11.0. The highest BCUT2D eigenvalue weighted by molar-refractivity contribution is 7.99. The number of aromatic nitrogens is 2. The second-order valence-electron chi connectivity index (χ2n) is 8.06. The van der Waals surface area contributed by atoms with Crippen molar-refractivity contribution in [2.75, 3.05) is 37.5 Å². The zero-order valence-corrected chi connectivity index (χ0v) is 20.9. The van der Waals surface area contributed by atoms with E-state index in [2.05, 4.69) is 51.4 Å². The maximum Gasteiger partial charge on any atom is 0.229 e. The number of nitrogens with zero attached hydrogens (tertiary/aromatic N) is 3. The minimum atomic E-state index is -0.226. The molecule has 1 N–H and O–H groups in total. The van der Waals surface area contributed by atoms with Crippen LogP contribution in [-0.2, 0) is 4.79 Å². The first kappa shape index (κ1) is 24.2. The lowest BCUT2D eigenvalue weighted by molar-refractivity contribution is -0.120. The number of amides is 1. The third-order valence-corrected chi connectivity index (χ3v) is 6.99. The maximum atomic E-state index is 13.2. The summed E-state index contributed by atoms with van der Waals surface area (Å²) in [5.41, 5.74) is 1.66. The van der Waals surface area contributed by atoms with Crippen LogP contribution in [0.5, 0.6) is 11.5 Å². The van der Waals surface area contributed by atoms with Gasteiger partial charge in [0.25, 0.3) is 0 Å². The number of piperidine rings is 1. The van der Waals surface area contributed by atoms with Crippen LogP contribution in [0, 0.1) is 12.8 Å². The number of hydrogen-bond acceptors (Lipinski definition) is 7. The number of aryl methyl sites for hydroxylation is 1. The van der Waals surface area contributed by atoms with Crippen molar-refractivity contribution >= 4 is 40.8 Å². The summed E-state index contributed by atoms with van der Waals surface area (Å²) in [6, 6.07) is 11.7. The Morgan fingerprint density at radius 3 is 2.65 bits per heavy atom. The van der Waals surface area contributed by atoms with Crippen molar-refractivity contribution in [2.45, 2.75) is 29.7 Å². The first-order valence-corrected chi connectivity index (χ1v) is 12.2. The van der Waals surface area contributed by atoms with Gasteiger partial charge in [-0.2, -0.15) is 0 Å². The molecule has 0 aliphatic carbocycles. The fourth-order valence-corrected chi connectivity index (χ4v) is 5.02. The van der Waals surface area contributed by atoms with Crippen molar-refractivity contribution in [3.63, 3.8) is 0 Å². The molecule has 7 nitrogen and oxygen atoms in total. The highest BCUT2D eigenvalue weighted by Gasteiger charge is 2.29. The normalized spacial score (nSPS) is 15.6. The molecule has 2 heterocycles. The lowest BCUT2D eigenvalue weighted by atomic mass is 9.97. The Hall–Kier alpha value is -2.97. The molecule has 2 aromatic carbocycles. The van der Waals surface area contributed by atoms with Gasteiger partial charge in [-0.1, -0.05) is 41.1 Å². The van der Waals surface area contributed by atoms with E-state index in [4.69, 9.17) is 21.1 Å². The Bertz CT molecular complexity index is 1160. The topological polar surface area (TPSA) is 76.6 Å². The van der Waals surface area contributed by atoms with Gasteiger partial charge in [0.15, 0.2) is 5.82 Å². The molecule has 1 atom stereocenters. The molecule has 0 saturated carbocycles. The van der Waals surface area contributed by atoms with Crippen LogP contribution in [0.15, 0.2) is 58.7 Å². The van der Waals surface area contributed by atoms with Gasteiger partial charge < -0.3 is 19.7 Å². The monoisotopic (exact) mass is 498 g/mol. The molecule has 1 amide bonds. The Balaban J connectivity index is 1.50. The first-order valence-electron chi connectivity index (χ1n) is 11.0. The van der Waals surface area contributed by atoms with E-state index in [1.807, 2.05) is 0 Å². The molecule has 34 heavy (non-hydrogen) atoms. The van der Waals surface area contributed by atoms with Crippen molar-refractivity contribution in [2.24, 2.45) is 5.92 Å². The van der Waals surface area contributed by atoms with Crippen LogP contribution in [0.3, 0.4) is 0 Å². The van der Waals surface area contributed by atoms with Gasteiger partial charge in [0.05, 0.1) is 25.2 Å². The number of benzene rings is 2. The summed E-state index contributed by atoms with van der Waals surface area (Å²) < 4.78 is 10.7. The van der Waals surface area contributed by atoms with Gasteiger partial charge in [0.1, 0.15) is 22.2 Å². The van der Waals surface area contributed by atoms with Crippen LogP contribution in [0.1, 0.15) is 18.4 Å². The van der Waals surface area contributed by atoms with Gasteiger partial charge in [-0.05, 0) is 31.9 Å². The number of halogens is 1. The summed E-state index contributed by atoms with van der Waals surface area (Å²) in [7, 11) is 3.09. The minimum absolute atomic E-state index is 0.105. The van der Waals surface area contributed by atoms with E-state index in [1.54, 1.807) is 43.4 Å². The van der Waals surface area contributed by atoms with Gasteiger partial charge in [-0.15, -0.1) is 0 Å². The second-order valence-corrected chi connectivity index (χ2v) is 9.53. The largest absolute Gasteiger partial charge is 0.497 e. The fourth-order valence-electron chi connectivity index (χ4n) is 3.89. The summed E-state index contributed by atoms with van der Waals surface area (Å²) in [5, 5.41) is 4.15. The molecule has 4 rings (SSSR count). The van der Waals surface area contributed by atoms with Crippen molar-refractivity contribution in [3.8, 4) is 11.5 Å². The van der Waals surface area contributed by atoms with Crippen LogP contribution in [-0.4, -0.2) is 43.2 Å². The van der Waals surface area contributed by atoms with E-state index >= 15 is 0 Å². The number of nitrogens with one attached hydrogen (secondary N) is 1. The summed E-state index contributed by atoms with van der Waals surface area (Å²) in [6.45, 7) is 3.43. The van der Waals surface area contributed by atoms with Crippen molar-refractivity contribution in [1.82, 2.24) is 9.97 Å². The molecule has 0 bridgehead atoms. The Labute approximate surface area is 208 Å². The molecule has 9 heteroatoms. The van der Waals surface area contributed by atoms with Gasteiger partial charge in [-0.25, -0.2) is 9.97 Å². The number of ether oxygens (including phenoxy) is 2. The SMILES string of the molecule is COc1cc(Cl)c(NC(=O)[C@H]2CCCN(c3nccnc3Sc3ccc(C)cc3)C2)c(OC)c1. The summed E-state index contributed by atoms with van der Waals surface area (Å²) in [4.78, 5) is 25.6. The van der Waals surface area contributed by atoms with E-state index < -0.39 is 0 Å². The van der Waals surface area contributed by atoms with Crippen LogP contribution in [0.2, 0.25) is 5.02 Å². The maximum absolute atomic E-state index is 13.2. The number of anilines is 2. The highest BCUT2D eigenvalue weighted by atomic mass is 35.5. The van der Waals surface area contributed by atoms with E-state index in [0.717, 1.165) is 35.1 Å². The fraction of sp³-hybridized carbons (Fsp3) is 0.320. The summed E-state index contributed by atoms with van der Waals surface area (Å²) in [5.74, 6) is 1.48. The molecule has 1 aliphatic heterocycles. The molecule has 1 saturated heterocycles. The van der Waals surface area contributed by atoms with Crippen molar-refractivity contribution < 1.29 is 14.3 Å². The van der Waals surface area contributed by atoms with E-state index in [-0.39, 0.29) is 11.8 Å². The summed E-state index contributed by atoms with van der Waals surface area (Å²) >= 11 is 7.98. The molecule has 3 aromatic rings. The summed E-state index contributed by atoms with van der Waals surface area (Å²) in [6.07, 6.45) is 5.04. The third kappa shape index (κ3) is 5.56. The quantitative estimate of drug-likeness (QED) is 0.463. The minimum Gasteiger partial charge on any atom is -0.497 e. The first-order chi connectivity index (χ1) is 16.5. The molecule has 1 aromatic heterocycles. The third-order valence-electron chi connectivity index (χ3n) is 5.71. The average molecular weight is 499 g/mol. The molecule has 0 spiro atoms. The molecular weight excluding hydrogens is 472 g/mol. The number of rotatable bonds is 7. The Morgan fingerprint density at radius 1 is 1.15 bits per heavy atom. The molecule has 178 valence electrons. The molecular formula is C25H27ClN4O3S. The van der Waals surface area contributed by atoms with Gasteiger partial charge in [-0.3, -0.25) is 4.79 Å². The van der Waals surface area contributed by atoms with E-state index in [1.165, 1.54) is 12.7 Å². The van der Waals surface area contributed by atoms with Gasteiger partial charge in [0, 0.05) is 42.5 Å². The standard InChI is InChI=1S/C25H27ClN4O3S/c1-16-6-8-19(9-7-16)34-25-23(27-10-11-28-25)30-12-4-5-17(15-30)24(31)29-22-20(26)13-18(32-2)14-21(22)33-3/h6-11,13-14,17H,4-5,12,15H2,1-3H3,(H,29,31)/t17-/m0/s1. The predicted molar refractivity (Wildman–Crippen MR) is 135 cm³/mol. The van der Waals surface area contributed by atoms with E-state index in [0.29, 0.717) is 28.8 Å². The number of methoxy groups -OCH3 is 2. The molecule has 1 fully saturated rings. The predicted octanol–water partition coefficient (Wildman–Crippen LogP) is 5.46. The lowest BCUT2D eigenvalue weighted by Crippen LogP contribution is -2.41. The van der Waals surface area contributed by atoms with Crippen LogP contribution in [0.4, 0.5) is 11.5 Å². The number of carbonyl (C=O) groups is 1. The zero-order valence-electron chi connectivity index (χ0n) is 19.4. The van der Waals surface area contributed by atoms with Crippen LogP contribution in [0.25, 0.3) is 0 Å². The smallest absolute Gasteiger partial charge is 0.229 e. The number of carbonyl (C=O) groups excluding carboxylic acids is 1. The van der Waals surface area contributed by atoms with Gasteiger partial charge in [0.2, 0.25) is 5.91 Å². The Morgan fingerprint density at radius 2 is 1.91 bits per heavy atom. The van der Waals surface area contributed by atoms with Crippen LogP contribution < -0.4 is 19.7 Å². The van der Waals surface area contributed by atoms with E-state index in [9.17, 15) is 4.79 Å². The molecule has 1 aliphatic rings. The number of hydrogen-bond donors (Lipinski definition) is 1. The highest BCUT2D eigenvalue weighted by Crippen LogP contribution is 2.38. The van der Waals surface area contributed by atoms with Gasteiger partial charge >= 0.3 is 0 Å².